The molecule has 5 nitrogen and oxygen atoms in total. The van der Waals surface area contributed by atoms with Gasteiger partial charge in [-0.15, -0.1) is 0 Å². The molecule has 0 spiro atoms. The molecule has 122 valence electrons. The third kappa shape index (κ3) is 3.79. The molecule has 0 N–H and O–H groups in total. The summed E-state index contributed by atoms with van der Waals surface area (Å²) < 4.78 is 1.82. The van der Waals surface area contributed by atoms with Gasteiger partial charge in [-0.2, -0.15) is 5.10 Å². The van der Waals surface area contributed by atoms with Crippen LogP contribution in [-0.4, -0.2) is 58.7 Å². The van der Waals surface area contributed by atoms with Crippen molar-refractivity contribution in [2.75, 3.05) is 27.2 Å². The minimum atomic E-state index is 0.231. The Balaban J connectivity index is 1.56. The summed E-state index contributed by atoms with van der Waals surface area (Å²) in [5.74, 6) is 0.231. The van der Waals surface area contributed by atoms with Gasteiger partial charge in [0.15, 0.2) is 0 Å². The summed E-state index contributed by atoms with van der Waals surface area (Å²) in [4.78, 5) is 16.7. The largest absolute Gasteiger partial charge is 0.342 e. The van der Waals surface area contributed by atoms with E-state index >= 15 is 0 Å². The van der Waals surface area contributed by atoms with E-state index in [-0.39, 0.29) is 5.91 Å². The number of amides is 1. The van der Waals surface area contributed by atoms with Gasteiger partial charge in [-0.25, -0.2) is 4.68 Å². The molecule has 1 saturated heterocycles. The molecule has 0 radical (unpaired) electrons. The summed E-state index contributed by atoms with van der Waals surface area (Å²) in [6, 6.07) is 10.5. The van der Waals surface area contributed by atoms with E-state index in [1.54, 1.807) is 6.20 Å². The van der Waals surface area contributed by atoms with Crippen molar-refractivity contribution in [1.82, 2.24) is 19.6 Å². The third-order valence-electron chi connectivity index (χ3n) is 4.61. The zero-order valence-electron chi connectivity index (χ0n) is 13.9. The van der Waals surface area contributed by atoms with E-state index < -0.39 is 0 Å². The Morgan fingerprint density at radius 2 is 1.91 bits per heavy atom. The molecular formula is C18H24N4O. The van der Waals surface area contributed by atoms with E-state index in [0.29, 0.717) is 12.5 Å². The number of hydrogen-bond donors (Lipinski definition) is 0. The summed E-state index contributed by atoms with van der Waals surface area (Å²) in [5.41, 5.74) is 2.07. The monoisotopic (exact) mass is 312 g/mol. The molecule has 0 atom stereocenters. The summed E-state index contributed by atoms with van der Waals surface area (Å²) in [6.45, 7) is 1.74. The first-order chi connectivity index (χ1) is 11.1. The average Bonchev–Trinajstić information content (AvgIpc) is 3.10. The van der Waals surface area contributed by atoms with E-state index in [9.17, 15) is 4.79 Å². The summed E-state index contributed by atoms with van der Waals surface area (Å²) >= 11 is 0. The number of carbonyl (C=O) groups is 1. The van der Waals surface area contributed by atoms with Crippen LogP contribution in [-0.2, 0) is 11.2 Å². The van der Waals surface area contributed by atoms with Gasteiger partial charge in [-0.05, 0) is 50.7 Å². The summed E-state index contributed by atoms with van der Waals surface area (Å²) in [6.07, 6.45) is 6.28. The van der Waals surface area contributed by atoms with Gasteiger partial charge in [0.25, 0.3) is 0 Å². The zero-order valence-corrected chi connectivity index (χ0v) is 13.9. The van der Waals surface area contributed by atoms with Gasteiger partial charge in [0, 0.05) is 31.5 Å². The second-order valence-electron chi connectivity index (χ2n) is 6.37. The topological polar surface area (TPSA) is 41.4 Å². The molecule has 1 fully saturated rings. The quantitative estimate of drug-likeness (QED) is 0.867. The predicted molar refractivity (Wildman–Crippen MR) is 90.6 cm³/mol. The predicted octanol–water partition coefficient (Wildman–Crippen LogP) is 1.97. The van der Waals surface area contributed by atoms with Crippen molar-refractivity contribution in [3.63, 3.8) is 0 Å². The number of carbonyl (C=O) groups excluding carboxylic acids is 1. The van der Waals surface area contributed by atoms with Crippen molar-refractivity contribution in [2.24, 2.45) is 0 Å². The van der Waals surface area contributed by atoms with Crippen LogP contribution in [0.15, 0.2) is 42.7 Å². The zero-order chi connectivity index (χ0) is 16.2. The fraction of sp³-hybridized carbons (Fsp3) is 0.444. The lowest BCUT2D eigenvalue weighted by atomic mass is 10.0. The van der Waals surface area contributed by atoms with Crippen molar-refractivity contribution >= 4 is 5.91 Å². The Morgan fingerprint density at radius 1 is 1.22 bits per heavy atom. The van der Waals surface area contributed by atoms with Crippen LogP contribution in [0.4, 0.5) is 0 Å². The molecule has 5 heteroatoms. The van der Waals surface area contributed by atoms with Crippen LogP contribution in [0.2, 0.25) is 0 Å². The molecule has 1 aromatic carbocycles. The van der Waals surface area contributed by atoms with Crippen molar-refractivity contribution < 1.29 is 4.79 Å². The number of hydrogen-bond acceptors (Lipinski definition) is 3. The Labute approximate surface area is 137 Å². The van der Waals surface area contributed by atoms with Crippen molar-refractivity contribution in [2.45, 2.75) is 25.3 Å². The van der Waals surface area contributed by atoms with Gasteiger partial charge in [-0.1, -0.05) is 12.1 Å². The summed E-state index contributed by atoms with van der Waals surface area (Å²) in [7, 11) is 4.23. The van der Waals surface area contributed by atoms with Crippen LogP contribution in [0.5, 0.6) is 0 Å². The highest BCUT2D eigenvalue weighted by Gasteiger charge is 2.23. The van der Waals surface area contributed by atoms with Gasteiger partial charge >= 0.3 is 0 Å². The first kappa shape index (κ1) is 15.7. The Kier molecular flexibility index (Phi) is 4.76. The van der Waals surface area contributed by atoms with E-state index in [1.807, 2.05) is 46.1 Å². The van der Waals surface area contributed by atoms with Crippen LogP contribution < -0.4 is 0 Å². The molecule has 1 aliphatic heterocycles. The molecule has 2 heterocycles. The minimum Gasteiger partial charge on any atom is -0.342 e. The highest BCUT2D eigenvalue weighted by molar-refractivity contribution is 5.79. The van der Waals surface area contributed by atoms with Gasteiger partial charge in [-0.3, -0.25) is 4.79 Å². The highest BCUT2D eigenvalue weighted by Crippen LogP contribution is 2.16. The average molecular weight is 312 g/mol. The standard InChI is InChI=1S/C18H24N4O/c1-20(2)16-8-12-21(13-9-16)18(23)14-15-4-6-17(7-5-15)22-11-3-10-19-22/h3-7,10-11,16H,8-9,12-14H2,1-2H3. The first-order valence-corrected chi connectivity index (χ1v) is 8.16. The van der Waals surface area contributed by atoms with Crippen LogP contribution in [0.25, 0.3) is 5.69 Å². The number of nitrogens with zero attached hydrogens (tertiary/aromatic N) is 4. The molecule has 0 aliphatic carbocycles. The van der Waals surface area contributed by atoms with Crippen molar-refractivity contribution in [3.05, 3.63) is 48.3 Å². The van der Waals surface area contributed by atoms with E-state index in [1.165, 1.54) is 0 Å². The molecule has 0 saturated carbocycles. The molecule has 0 bridgehead atoms. The SMILES string of the molecule is CN(C)C1CCN(C(=O)Cc2ccc(-n3cccn3)cc2)CC1. The van der Waals surface area contributed by atoms with E-state index in [4.69, 9.17) is 0 Å². The van der Waals surface area contributed by atoms with Gasteiger partial charge in [0.2, 0.25) is 5.91 Å². The normalized spacial score (nSPS) is 16.0. The van der Waals surface area contributed by atoms with Gasteiger partial charge < -0.3 is 9.80 Å². The maximum absolute atomic E-state index is 12.5. The van der Waals surface area contributed by atoms with Gasteiger partial charge in [0.05, 0.1) is 12.1 Å². The lowest BCUT2D eigenvalue weighted by molar-refractivity contribution is -0.131. The van der Waals surface area contributed by atoms with Crippen LogP contribution in [0.1, 0.15) is 18.4 Å². The second kappa shape index (κ2) is 6.96. The second-order valence-corrected chi connectivity index (χ2v) is 6.37. The summed E-state index contributed by atoms with van der Waals surface area (Å²) in [5, 5.41) is 4.21. The fourth-order valence-corrected chi connectivity index (χ4v) is 3.11. The number of piperidine rings is 1. The maximum atomic E-state index is 12.5. The first-order valence-electron chi connectivity index (χ1n) is 8.16. The molecule has 1 aromatic heterocycles. The van der Waals surface area contributed by atoms with Crippen LogP contribution in [0, 0.1) is 0 Å². The molecule has 0 unspecified atom stereocenters. The Hall–Kier alpha value is -2.14. The number of likely N-dealkylation sites (tertiary alicyclic amines) is 1. The lowest BCUT2D eigenvalue weighted by Gasteiger charge is -2.35. The fourth-order valence-electron chi connectivity index (χ4n) is 3.11. The molecule has 3 rings (SSSR count). The number of rotatable bonds is 4. The molecule has 23 heavy (non-hydrogen) atoms. The molecular weight excluding hydrogens is 288 g/mol. The van der Waals surface area contributed by atoms with Crippen molar-refractivity contribution in [3.8, 4) is 5.69 Å². The number of aromatic nitrogens is 2. The van der Waals surface area contributed by atoms with E-state index in [0.717, 1.165) is 37.2 Å². The molecule has 2 aromatic rings. The van der Waals surface area contributed by atoms with Gasteiger partial charge in [0.1, 0.15) is 0 Å². The van der Waals surface area contributed by atoms with Crippen LogP contribution >= 0.6 is 0 Å². The lowest BCUT2D eigenvalue weighted by Crippen LogP contribution is -2.44. The highest BCUT2D eigenvalue weighted by atomic mass is 16.2. The Bertz CT molecular complexity index is 626. The Morgan fingerprint density at radius 3 is 2.48 bits per heavy atom. The molecule has 1 amide bonds. The maximum Gasteiger partial charge on any atom is 0.226 e. The minimum absolute atomic E-state index is 0.231. The third-order valence-corrected chi connectivity index (χ3v) is 4.61. The smallest absolute Gasteiger partial charge is 0.226 e. The molecule has 1 aliphatic rings. The van der Waals surface area contributed by atoms with E-state index in [2.05, 4.69) is 24.1 Å². The van der Waals surface area contributed by atoms with Crippen molar-refractivity contribution in [1.29, 1.82) is 0 Å². The van der Waals surface area contributed by atoms with Crippen LogP contribution in [0.3, 0.4) is 0 Å². The number of benzene rings is 1.